The molecule has 1 aromatic heterocycles. The fraction of sp³-hybridized carbons (Fsp3) is 0.200. The number of nitrogens with zero attached hydrogens (tertiary/aromatic N) is 2. The maximum absolute atomic E-state index is 9.34. The summed E-state index contributed by atoms with van der Waals surface area (Å²) in [4.78, 5) is 8.45. The van der Waals surface area contributed by atoms with E-state index in [1.165, 1.54) is 0 Å². The van der Waals surface area contributed by atoms with Crippen molar-refractivity contribution in [3.63, 3.8) is 0 Å². The molecule has 0 atom stereocenters. The van der Waals surface area contributed by atoms with Gasteiger partial charge >= 0.3 is 0 Å². The molecule has 2 aromatic rings. The topological polar surface area (TPSA) is 83.5 Å². The number of nitrogens with one attached hydrogen (secondary N) is 1. The van der Waals surface area contributed by atoms with Crippen molar-refractivity contribution in [2.75, 3.05) is 6.54 Å². The van der Waals surface area contributed by atoms with Gasteiger partial charge in [0.1, 0.15) is 5.75 Å². The summed E-state index contributed by atoms with van der Waals surface area (Å²) in [7, 11) is 0. The summed E-state index contributed by atoms with van der Waals surface area (Å²) < 4.78 is 0. The summed E-state index contributed by atoms with van der Waals surface area (Å²) in [5.74, 6) is 0.628. The van der Waals surface area contributed by atoms with E-state index in [1.54, 1.807) is 24.4 Å². The molecule has 1 heterocycles. The predicted octanol–water partition coefficient (Wildman–Crippen LogP) is 1.43. The van der Waals surface area contributed by atoms with Crippen LogP contribution in [0.2, 0.25) is 0 Å². The number of aromatic hydroxyl groups is 1. The van der Waals surface area contributed by atoms with Crippen molar-refractivity contribution in [2.24, 2.45) is 10.7 Å². The normalized spacial score (nSPS) is 11.3. The standard InChI is InChI=1S/C15H18N4O/c16-15(18-9-7-13-5-1-2-8-17-13)19-11-12-4-3-6-14(20)10-12/h1-6,8,10,20H,7,9,11H2,(H3,16,18,19). The fourth-order valence-corrected chi connectivity index (χ4v) is 1.75. The van der Waals surface area contributed by atoms with Gasteiger partial charge in [0.2, 0.25) is 0 Å². The number of rotatable bonds is 5. The minimum Gasteiger partial charge on any atom is -0.508 e. The molecule has 0 aliphatic rings. The minimum atomic E-state index is 0.236. The average Bonchev–Trinajstić information content (AvgIpc) is 2.46. The first-order chi connectivity index (χ1) is 9.74. The van der Waals surface area contributed by atoms with Crippen LogP contribution in [0.3, 0.4) is 0 Å². The zero-order valence-electron chi connectivity index (χ0n) is 11.2. The summed E-state index contributed by atoms with van der Waals surface area (Å²) in [5.41, 5.74) is 7.71. The Kier molecular flexibility index (Phi) is 4.94. The molecule has 4 N–H and O–H groups in total. The van der Waals surface area contributed by atoms with Crippen LogP contribution in [0, 0.1) is 0 Å². The van der Waals surface area contributed by atoms with Crippen LogP contribution in [-0.4, -0.2) is 22.6 Å². The van der Waals surface area contributed by atoms with Crippen LogP contribution >= 0.6 is 0 Å². The van der Waals surface area contributed by atoms with E-state index in [-0.39, 0.29) is 5.75 Å². The predicted molar refractivity (Wildman–Crippen MR) is 79.4 cm³/mol. The molecule has 0 saturated heterocycles. The molecule has 20 heavy (non-hydrogen) atoms. The first-order valence-electron chi connectivity index (χ1n) is 6.45. The zero-order chi connectivity index (χ0) is 14.2. The number of phenols is 1. The van der Waals surface area contributed by atoms with E-state index in [4.69, 9.17) is 5.73 Å². The third-order valence-electron chi connectivity index (χ3n) is 2.76. The van der Waals surface area contributed by atoms with Gasteiger partial charge in [-0.15, -0.1) is 0 Å². The molecule has 5 nitrogen and oxygen atoms in total. The van der Waals surface area contributed by atoms with E-state index in [9.17, 15) is 5.11 Å². The van der Waals surface area contributed by atoms with Crippen molar-refractivity contribution in [2.45, 2.75) is 13.0 Å². The summed E-state index contributed by atoms with van der Waals surface area (Å²) in [6.45, 7) is 1.13. The summed E-state index contributed by atoms with van der Waals surface area (Å²) in [6.07, 6.45) is 2.57. The number of pyridine rings is 1. The van der Waals surface area contributed by atoms with Gasteiger partial charge in [0.05, 0.1) is 6.54 Å². The molecule has 0 saturated carbocycles. The number of benzene rings is 1. The van der Waals surface area contributed by atoms with Gasteiger partial charge in [-0.1, -0.05) is 18.2 Å². The second kappa shape index (κ2) is 7.13. The van der Waals surface area contributed by atoms with Gasteiger partial charge in [0, 0.05) is 24.9 Å². The van der Waals surface area contributed by atoms with Crippen molar-refractivity contribution < 1.29 is 5.11 Å². The summed E-state index contributed by atoms with van der Waals surface area (Å²) in [5, 5.41) is 12.4. The number of aromatic nitrogens is 1. The smallest absolute Gasteiger partial charge is 0.188 e. The zero-order valence-corrected chi connectivity index (χ0v) is 11.2. The van der Waals surface area contributed by atoms with Gasteiger partial charge in [-0.3, -0.25) is 4.98 Å². The molecule has 0 unspecified atom stereocenters. The Hall–Kier alpha value is -2.56. The highest BCUT2D eigenvalue weighted by Crippen LogP contribution is 2.11. The Morgan fingerprint density at radius 1 is 1.25 bits per heavy atom. The molecule has 2 rings (SSSR count). The van der Waals surface area contributed by atoms with Gasteiger partial charge in [-0.25, -0.2) is 4.99 Å². The SMILES string of the molecule is NC(=NCc1cccc(O)c1)NCCc1ccccn1. The Balaban J connectivity index is 1.77. The van der Waals surface area contributed by atoms with E-state index in [2.05, 4.69) is 15.3 Å². The second-order valence-electron chi connectivity index (χ2n) is 4.37. The first kappa shape index (κ1) is 13.9. The average molecular weight is 270 g/mol. The lowest BCUT2D eigenvalue weighted by molar-refractivity contribution is 0.474. The molecule has 0 aliphatic carbocycles. The Morgan fingerprint density at radius 3 is 2.90 bits per heavy atom. The third kappa shape index (κ3) is 4.61. The van der Waals surface area contributed by atoms with E-state index < -0.39 is 0 Å². The number of hydrogen-bond donors (Lipinski definition) is 3. The number of guanidine groups is 1. The van der Waals surface area contributed by atoms with Gasteiger partial charge in [0.25, 0.3) is 0 Å². The van der Waals surface area contributed by atoms with Crippen LogP contribution in [-0.2, 0) is 13.0 Å². The van der Waals surface area contributed by atoms with Gasteiger partial charge in [-0.2, -0.15) is 0 Å². The molecule has 0 spiro atoms. The maximum Gasteiger partial charge on any atom is 0.188 e. The van der Waals surface area contributed by atoms with Crippen LogP contribution in [0.15, 0.2) is 53.7 Å². The van der Waals surface area contributed by atoms with Gasteiger partial charge in [0.15, 0.2) is 5.96 Å². The molecule has 5 heteroatoms. The first-order valence-corrected chi connectivity index (χ1v) is 6.45. The quantitative estimate of drug-likeness (QED) is 0.567. The molecule has 1 aromatic carbocycles. The largest absolute Gasteiger partial charge is 0.508 e. The van der Waals surface area contributed by atoms with Gasteiger partial charge < -0.3 is 16.2 Å². The Bertz CT molecular complexity index is 569. The highest BCUT2D eigenvalue weighted by molar-refractivity contribution is 5.77. The molecular formula is C15H18N4O. The maximum atomic E-state index is 9.34. The molecule has 0 fully saturated rings. The minimum absolute atomic E-state index is 0.236. The highest BCUT2D eigenvalue weighted by Gasteiger charge is 1.96. The number of hydrogen-bond acceptors (Lipinski definition) is 3. The van der Waals surface area contributed by atoms with Crippen molar-refractivity contribution >= 4 is 5.96 Å². The molecule has 0 bridgehead atoms. The van der Waals surface area contributed by atoms with Crippen molar-refractivity contribution in [1.29, 1.82) is 0 Å². The van der Waals surface area contributed by atoms with Crippen LogP contribution in [0.5, 0.6) is 5.75 Å². The number of aliphatic imine (C=N–C) groups is 1. The van der Waals surface area contributed by atoms with E-state index in [0.29, 0.717) is 19.0 Å². The van der Waals surface area contributed by atoms with E-state index >= 15 is 0 Å². The molecular weight excluding hydrogens is 252 g/mol. The summed E-state index contributed by atoms with van der Waals surface area (Å²) >= 11 is 0. The van der Waals surface area contributed by atoms with Crippen LogP contribution in [0.4, 0.5) is 0 Å². The van der Waals surface area contributed by atoms with Crippen LogP contribution < -0.4 is 11.1 Å². The lowest BCUT2D eigenvalue weighted by Gasteiger charge is -2.05. The third-order valence-corrected chi connectivity index (χ3v) is 2.76. The monoisotopic (exact) mass is 270 g/mol. The van der Waals surface area contributed by atoms with Crippen molar-refractivity contribution in [3.8, 4) is 5.75 Å². The van der Waals surface area contributed by atoms with E-state index in [0.717, 1.165) is 17.7 Å². The lowest BCUT2D eigenvalue weighted by atomic mass is 10.2. The summed E-state index contributed by atoms with van der Waals surface area (Å²) in [6, 6.07) is 12.8. The molecule has 0 amide bonds. The van der Waals surface area contributed by atoms with Crippen molar-refractivity contribution in [3.05, 3.63) is 59.9 Å². The second-order valence-corrected chi connectivity index (χ2v) is 4.37. The Labute approximate surface area is 118 Å². The van der Waals surface area contributed by atoms with Gasteiger partial charge in [-0.05, 0) is 29.8 Å². The van der Waals surface area contributed by atoms with Crippen LogP contribution in [0.25, 0.3) is 0 Å². The van der Waals surface area contributed by atoms with Crippen molar-refractivity contribution in [1.82, 2.24) is 10.3 Å². The van der Waals surface area contributed by atoms with E-state index in [1.807, 2.05) is 24.3 Å². The fourth-order valence-electron chi connectivity index (χ4n) is 1.75. The number of nitrogens with two attached hydrogens (primary N) is 1. The number of phenolic OH excluding ortho intramolecular Hbond substituents is 1. The van der Waals surface area contributed by atoms with Crippen LogP contribution in [0.1, 0.15) is 11.3 Å². The lowest BCUT2D eigenvalue weighted by Crippen LogP contribution is -2.33. The molecule has 0 aliphatic heterocycles. The Morgan fingerprint density at radius 2 is 2.15 bits per heavy atom. The molecule has 104 valence electrons. The molecule has 0 radical (unpaired) electrons. The highest BCUT2D eigenvalue weighted by atomic mass is 16.3.